The number of amides is 1. The van der Waals surface area contributed by atoms with Crippen LogP contribution in [0.3, 0.4) is 0 Å². The number of morpholine rings is 1. The van der Waals surface area contributed by atoms with Crippen molar-refractivity contribution >= 4 is 5.91 Å². The van der Waals surface area contributed by atoms with Crippen molar-refractivity contribution in [2.24, 2.45) is 0 Å². The van der Waals surface area contributed by atoms with Crippen LogP contribution in [-0.2, 0) is 16.1 Å². The third kappa shape index (κ3) is 3.31. The number of carbonyl (C=O) groups excluding carboxylic acids is 1. The molecule has 1 aromatic rings. The SMILES string of the molecule is Cc1ccc(CN2CC(CCO)OCC2=O)cc1. The second-order valence-electron chi connectivity index (χ2n) is 4.71. The summed E-state index contributed by atoms with van der Waals surface area (Å²) in [5.41, 5.74) is 2.34. The fraction of sp³-hybridized carbons (Fsp3) is 0.500. The maximum Gasteiger partial charge on any atom is 0.248 e. The first kappa shape index (κ1) is 13.1. The summed E-state index contributed by atoms with van der Waals surface area (Å²) in [6.07, 6.45) is 0.538. The van der Waals surface area contributed by atoms with Crippen molar-refractivity contribution in [3.05, 3.63) is 35.4 Å². The van der Waals surface area contributed by atoms with Gasteiger partial charge in [-0.3, -0.25) is 4.79 Å². The number of aryl methyl sites for hydroxylation is 1. The molecule has 1 saturated heterocycles. The zero-order chi connectivity index (χ0) is 13.0. The smallest absolute Gasteiger partial charge is 0.248 e. The van der Waals surface area contributed by atoms with E-state index < -0.39 is 0 Å². The summed E-state index contributed by atoms with van der Waals surface area (Å²) >= 11 is 0. The topological polar surface area (TPSA) is 49.8 Å². The van der Waals surface area contributed by atoms with Crippen LogP contribution in [0.15, 0.2) is 24.3 Å². The average molecular weight is 249 g/mol. The molecule has 0 saturated carbocycles. The Bertz CT molecular complexity index is 402. The van der Waals surface area contributed by atoms with E-state index in [1.54, 1.807) is 4.90 Å². The predicted molar refractivity (Wildman–Crippen MR) is 68.0 cm³/mol. The van der Waals surface area contributed by atoms with Gasteiger partial charge in [-0.05, 0) is 18.9 Å². The number of aliphatic hydroxyl groups is 1. The van der Waals surface area contributed by atoms with E-state index in [0.717, 1.165) is 5.56 Å². The summed E-state index contributed by atoms with van der Waals surface area (Å²) in [5.74, 6) is 0.0183. The molecule has 98 valence electrons. The maximum atomic E-state index is 11.8. The molecule has 0 bridgehead atoms. The lowest BCUT2D eigenvalue weighted by molar-refractivity contribution is -0.150. The fourth-order valence-corrected chi connectivity index (χ4v) is 2.07. The molecule has 4 heteroatoms. The lowest BCUT2D eigenvalue weighted by Crippen LogP contribution is -2.46. The predicted octanol–water partition coefficient (Wildman–Crippen LogP) is 1.10. The van der Waals surface area contributed by atoms with Gasteiger partial charge < -0.3 is 14.7 Å². The Hall–Kier alpha value is -1.39. The van der Waals surface area contributed by atoms with Crippen LogP contribution in [0.1, 0.15) is 17.5 Å². The number of benzene rings is 1. The first-order valence-corrected chi connectivity index (χ1v) is 6.25. The van der Waals surface area contributed by atoms with Crippen LogP contribution >= 0.6 is 0 Å². The molecule has 1 heterocycles. The van der Waals surface area contributed by atoms with E-state index in [-0.39, 0.29) is 25.2 Å². The van der Waals surface area contributed by atoms with Gasteiger partial charge in [-0.25, -0.2) is 0 Å². The minimum absolute atomic E-state index is 0.0183. The third-order valence-electron chi connectivity index (χ3n) is 3.16. The van der Waals surface area contributed by atoms with Crippen LogP contribution in [0.5, 0.6) is 0 Å². The van der Waals surface area contributed by atoms with Gasteiger partial charge in [-0.1, -0.05) is 29.8 Å². The fourth-order valence-electron chi connectivity index (χ4n) is 2.07. The van der Waals surface area contributed by atoms with E-state index in [4.69, 9.17) is 9.84 Å². The van der Waals surface area contributed by atoms with Gasteiger partial charge in [-0.15, -0.1) is 0 Å². The number of hydrogen-bond acceptors (Lipinski definition) is 3. The average Bonchev–Trinajstić information content (AvgIpc) is 2.36. The Labute approximate surface area is 107 Å². The molecular weight excluding hydrogens is 230 g/mol. The zero-order valence-electron chi connectivity index (χ0n) is 10.6. The van der Waals surface area contributed by atoms with E-state index in [1.807, 2.05) is 31.2 Å². The van der Waals surface area contributed by atoms with Crippen molar-refractivity contribution in [2.75, 3.05) is 19.8 Å². The minimum Gasteiger partial charge on any atom is -0.396 e. The Kier molecular flexibility index (Phi) is 4.33. The monoisotopic (exact) mass is 249 g/mol. The summed E-state index contributed by atoms with van der Waals surface area (Å²) in [7, 11) is 0. The molecule has 1 aromatic carbocycles. The van der Waals surface area contributed by atoms with E-state index in [1.165, 1.54) is 5.56 Å². The van der Waals surface area contributed by atoms with Gasteiger partial charge in [0.25, 0.3) is 0 Å². The number of ether oxygens (including phenoxy) is 1. The Morgan fingerprint density at radius 3 is 2.78 bits per heavy atom. The molecular formula is C14H19NO3. The second-order valence-corrected chi connectivity index (χ2v) is 4.71. The highest BCUT2D eigenvalue weighted by molar-refractivity contribution is 5.78. The molecule has 1 atom stereocenters. The molecule has 0 spiro atoms. The van der Waals surface area contributed by atoms with E-state index in [9.17, 15) is 4.79 Å². The normalized spacial score (nSPS) is 20.2. The molecule has 4 nitrogen and oxygen atoms in total. The molecule has 1 fully saturated rings. The molecule has 1 aliphatic heterocycles. The van der Waals surface area contributed by atoms with Crippen LogP contribution in [0.2, 0.25) is 0 Å². The van der Waals surface area contributed by atoms with Crippen LogP contribution in [0, 0.1) is 6.92 Å². The molecule has 1 aliphatic rings. The first-order valence-electron chi connectivity index (χ1n) is 6.25. The summed E-state index contributed by atoms with van der Waals surface area (Å²) in [6.45, 7) is 3.44. The zero-order valence-corrected chi connectivity index (χ0v) is 10.6. The van der Waals surface area contributed by atoms with Crippen LogP contribution in [0.4, 0.5) is 0 Å². The van der Waals surface area contributed by atoms with Gasteiger partial charge in [0.2, 0.25) is 5.91 Å². The van der Waals surface area contributed by atoms with E-state index >= 15 is 0 Å². The second kappa shape index (κ2) is 5.98. The summed E-state index contributed by atoms with van der Waals surface area (Å²) in [4.78, 5) is 13.6. The highest BCUT2D eigenvalue weighted by Crippen LogP contribution is 2.13. The lowest BCUT2D eigenvalue weighted by Gasteiger charge is -2.32. The first-order chi connectivity index (χ1) is 8.69. The Balaban J connectivity index is 1.98. The molecule has 0 aliphatic carbocycles. The molecule has 18 heavy (non-hydrogen) atoms. The van der Waals surface area contributed by atoms with Gasteiger partial charge >= 0.3 is 0 Å². The number of nitrogens with zero attached hydrogens (tertiary/aromatic N) is 1. The Morgan fingerprint density at radius 1 is 1.39 bits per heavy atom. The summed E-state index contributed by atoms with van der Waals surface area (Å²) in [6, 6.07) is 8.18. The van der Waals surface area contributed by atoms with Crippen molar-refractivity contribution in [3.8, 4) is 0 Å². The number of rotatable bonds is 4. The molecule has 0 radical (unpaired) electrons. The van der Waals surface area contributed by atoms with Gasteiger partial charge in [0, 0.05) is 19.7 Å². The van der Waals surface area contributed by atoms with E-state index in [2.05, 4.69) is 0 Å². The minimum atomic E-state index is -0.0434. The van der Waals surface area contributed by atoms with Crippen molar-refractivity contribution in [2.45, 2.75) is 26.0 Å². The van der Waals surface area contributed by atoms with Gasteiger partial charge in [0.15, 0.2) is 0 Å². The van der Waals surface area contributed by atoms with Crippen LogP contribution < -0.4 is 0 Å². The van der Waals surface area contributed by atoms with Gasteiger partial charge in [0.1, 0.15) is 6.61 Å². The van der Waals surface area contributed by atoms with Gasteiger partial charge in [0.05, 0.1) is 6.10 Å². The maximum absolute atomic E-state index is 11.8. The highest BCUT2D eigenvalue weighted by Gasteiger charge is 2.25. The van der Waals surface area contributed by atoms with Crippen LogP contribution in [0.25, 0.3) is 0 Å². The third-order valence-corrected chi connectivity index (χ3v) is 3.16. The largest absolute Gasteiger partial charge is 0.396 e. The highest BCUT2D eigenvalue weighted by atomic mass is 16.5. The Morgan fingerprint density at radius 2 is 2.11 bits per heavy atom. The number of carbonyl (C=O) groups is 1. The van der Waals surface area contributed by atoms with Gasteiger partial charge in [-0.2, -0.15) is 0 Å². The molecule has 0 aromatic heterocycles. The quantitative estimate of drug-likeness (QED) is 0.869. The number of hydrogen-bond donors (Lipinski definition) is 1. The lowest BCUT2D eigenvalue weighted by atomic mass is 10.1. The molecule has 2 rings (SSSR count). The van der Waals surface area contributed by atoms with Crippen molar-refractivity contribution in [1.29, 1.82) is 0 Å². The molecule has 1 unspecified atom stereocenters. The summed E-state index contributed by atoms with van der Waals surface area (Å²) in [5, 5.41) is 8.91. The van der Waals surface area contributed by atoms with Crippen molar-refractivity contribution < 1.29 is 14.6 Å². The number of aliphatic hydroxyl groups excluding tert-OH is 1. The van der Waals surface area contributed by atoms with Crippen molar-refractivity contribution in [3.63, 3.8) is 0 Å². The standard InChI is InChI=1S/C14H19NO3/c1-11-2-4-12(5-3-11)8-15-9-13(6-7-16)18-10-14(15)17/h2-5,13,16H,6-10H2,1H3. The summed E-state index contributed by atoms with van der Waals surface area (Å²) < 4.78 is 5.37. The van der Waals surface area contributed by atoms with Crippen LogP contribution in [-0.4, -0.2) is 41.8 Å². The molecule has 1 amide bonds. The van der Waals surface area contributed by atoms with E-state index in [0.29, 0.717) is 19.5 Å². The van der Waals surface area contributed by atoms with Crippen molar-refractivity contribution in [1.82, 2.24) is 4.90 Å². The molecule has 1 N–H and O–H groups in total.